The van der Waals surface area contributed by atoms with E-state index in [1.54, 1.807) is 17.7 Å². The van der Waals surface area contributed by atoms with Crippen LogP contribution >= 0.6 is 0 Å². The molecule has 1 heterocycles. The third kappa shape index (κ3) is 6.30. The smallest absolute Gasteiger partial charge is 0.331 e. The molecule has 6 rings (SSSR count). The predicted octanol–water partition coefficient (Wildman–Crippen LogP) is 9.75. The molecular weight excluding hydrogens is 530 g/mol. The topological polar surface area (TPSA) is 57.0 Å². The van der Waals surface area contributed by atoms with Crippen molar-refractivity contribution in [1.82, 2.24) is 15.0 Å². The van der Waals surface area contributed by atoms with Crippen molar-refractivity contribution < 1.29 is 9.53 Å². The molecule has 0 radical (unpaired) electrons. The van der Waals surface area contributed by atoms with E-state index in [2.05, 4.69) is 51.0 Å². The summed E-state index contributed by atoms with van der Waals surface area (Å²) >= 11 is 0. The van der Waals surface area contributed by atoms with E-state index in [0.29, 0.717) is 11.5 Å². The Balaban J connectivity index is 1.05. The van der Waals surface area contributed by atoms with Gasteiger partial charge in [0, 0.05) is 12.5 Å². The summed E-state index contributed by atoms with van der Waals surface area (Å²) in [7, 11) is 0. The Morgan fingerprint density at radius 3 is 2.63 bits per heavy atom. The van der Waals surface area contributed by atoms with E-state index in [4.69, 9.17) is 4.74 Å². The maximum absolute atomic E-state index is 12.8. The van der Waals surface area contributed by atoms with Gasteiger partial charge in [-0.15, -0.1) is 5.10 Å². The summed E-state index contributed by atoms with van der Waals surface area (Å²) in [5.41, 5.74) is 3.13. The van der Waals surface area contributed by atoms with E-state index in [1.807, 2.05) is 10.9 Å². The maximum Gasteiger partial charge on any atom is 0.331 e. The molecule has 4 fully saturated rings. The minimum Gasteiger partial charge on any atom is -0.459 e. The number of ether oxygens (including phenoxy) is 1. The second-order valence-electron chi connectivity index (χ2n) is 16.3. The molecule has 0 aliphatic heterocycles. The Labute approximate surface area is 261 Å². The van der Waals surface area contributed by atoms with Crippen LogP contribution in [0.4, 0.5) is 0 Å². The van der Waals surface area contributed by atoms with Gasteiger partial charge in [0.25, 0.3) is 0 Å². The number of rotatable bonds is 9. The third-order valence-electron chi connectivity index (χ3n) is 13.4. The average Bonchev–Trinajstić information content (AvgIpc) is 3.61. The highest BCUT2D eigenvalue weighted by Crippen LogP contribution is 2.67. The van der Waals surface area contributed by atoms with Gasteiger partial charge in [-0.3, -0.25) is 0 Å². The van der Waals surface area contributed by atoms with Crippen LogP contribution in [0, 0.1) is 46.3 Å². The van der Waals surface area contributed by atoms with Gasteiger partial charge < -0.3 is 4.74 Å². The molecule has 238 valence electrons. The van der Waals surface area contributed by atoms with Crippen LogP contribution in [0.3, 0.4) is 0 Å². The Morgan fingerprint density at radius 1 is 1.02 bits per heavy atom. The van der Waals surface area contributed by atoms with Crippen LogP contribution in [0.25, 0.3) is 6.08 Å². The Hall–Kier alpha value is -1.91. The number of fused-ring (bicyclic) bond motifs is 5. The van der Waals surface area contributed by atoms with E-state index in [1.165, 1.54) is 83.5 Å². The first-order chi connectivity index (χ1) is 20.7. The predicted molar refractivity (Wildman–Crippen MR) is 174 cm³/mol. The highest BCUT2D eigenvalue weighted by atomic mass is 16.5. The van der Waals surface area contributed by atoms with Crippen LogP contribution in [0.2, 0.25) is 0 Å². The molecule has 0 N–H and O–H groups in total. The van der Waals surface area contributed by atoms with E-state index < -0.39 is 0 Å². The van der Waals surface area contributed by atoms with Crippen LogP contribution < -0.4 is 0 Å². The summed E-state index contributed by atoms with van der Waals surface area (Å²) in [6.45, 7) is 12.6. The molecule has 43 heavy (non-hydrogen) atoms. The molecule has 0 saturated heterocycles. The second-order valence-corrected chi connectivity index (χ2v) is 16.3. The average molecular weight is 590 g/mol. The molecule has 8 atom stereocenters. The van der Waals surface area contributed by atoms with Gasteiger partial charge in [-0.25, -0.2) is 9.48 Å². The number of esters is 1. The minimum absolute atomic E-state index is 0.0117. The van der Waals surface area contributed by atoms with Gasteiger partial charge in [-0.2, -0.15) is 0 Å². The van der Waals surface area contributed by atoms with Crippen molar-refractivity contribution in [1.29, 1.82) is 0 Å². The number of carbonyl (C=O) groups excluding carboxylic acids is 1. The van der Waals surface area contributed by atoms with E-state index in [0.717, 1.165) is 60.5 Å². The zero-order valence-corrected chi connectivity index (χ0v) is 27.9. The fraction of sp³-hybridized carbons (Fsp3) is 0.816. The number of carbonyl (C=O) groups is 1. The monoisotopic (exact) mass is 589 g/mol. The summed E-state index contributed by atoms with van der Waals surface area (Å²) in [6.07, 6.45) is 28.2. The molecule has 5 aliphatic rings. The van der Waals surface area contributed by atoms with Crippen LogP contribution in [0.5, 0.6) is 0 Å². The molecule has 0 aromatic carbocycles. The first-order valence-electron chi connectivity index (χ1n) is 18.2. The largest absolute Gasteiger partial charge is 0.459 e. The molecule has 0 amide bonds. The lowest BCUT2D eigenvalue weighted by Gasteiger charge is -2.58. The minimum atomic E-state index is -0.247. The van der Waals surface area contributed by atoms with Crippen molar-refractivity contribution in [3.8, 4) is 0 Å². The fourth-order valence-corrected chi connectivity index (χ4v) is 11.0. The molecule has 0 unspecified atom stereocenters. The van der Waals surface area contributed by atoms with Crippen LogP contribution in [0.1, 0.15) is 149 Å². The molecule has 0 bridgehead atoms. The Kier molecular flexibility index (Phi) is 9.28. The van der Waals surface area contributed by atoms with Gasteiger partial charge >= 0.3 is 5.97 Å². The van der Waals surface area contributed by atoms with Gasteiger partial charge in [0.05, 0.1) is 12.2 Å². The number of allylic oxidation sites excluding steroid dienone is 1. The van der Waals surface area contributed by atoms with Crippen molar-refractivity contribution in [3.63, 3.8) is 0 Å². The summed E-state index contributed by atoms with van der Waals surface area (Å²) in [6, 6.07) is 0.450. The van der Waals surface area contributed by atoms with E-state index >= 15 is 0 Å². The fourth-order valence-electron chi connectivity index (χ4n) is 11.0. The molecular formula is C38H59N3O2. The van der Waals surface area contributed by atoms with Crippen LogP contribution in [0.15, 0.2) is 23.9 Å². The van der Waals surface area contributed by atoms with Gasteiger partial charge in [-0.1, -0.05) is 90.0 Å². The first kappa shape index (κ1) is 31.1. The van der Waals surface area contributed by atoms with E-state index in [-0.39, 0.29) is 17.5 Å². The van der Waals surface area contributed by atoms with Crippen LogP contribution in [-0.2, 0) is 9.53 Å². The molecule has 5 heteroatoms. The van der Waals surface area contributed by atoms with Gasteiger partial charge in [-0.05, 0) is 110 Å². The summed E-state index contributed by atoms with van der Waals surface area (Å²) in [5.74, 6) is 4.86. The lowest BCUT2D eigenvalue weighted by Crippen LogP contribution is -2.51. The Bertz CT molecular complexity index is 1180. The number of aromatic nitrogens is 3. The summed E-state index contributed by atoms with van der Waals surface area (Å²) in [4.78, 5) is 12.8. The zero-order valence-electron chi connectivity index (χ0n) is 27.9. The SMILES string of the molecule is CC(C)CCC[C@@H](C)[C@H]1CC[C@H]2[C@@H]3CC=C4C[C@@H](OC(=O)/C=C\c5cn(C6CCCCC6)nn5)CC[C@]4(C)[C@H]3CC[C@]12C. The quantitative estimate of drug-likeness (QED) is 0.163. The van der Waals surface area contributed by atoms with Crippen LogP contribution in [-0.4, -0.2) is 27.1 Å². The number of nitrogens with zero attached hydrogens (tertiary/aromatic N) is 3. The Morgan fingerprint density at radius 2 is 1.84 bits per heavy atom. The maximum atomic E-state index is 12.8. The van der Waals surface area contributed by atoms with Crippen molar-refractivity contribution in [2.24, 2.45) is 46.3 Å². The van der Waals surface area contributed by atoms with E-state index in [9.17, 15) is 4.79 Å². The lowest BCUT2D eigenvalue weighted by atomic mass is 9.47. The van der Waals surface area contributed by atoms with Crippen molar-refractivity contribution in [3.05, 3.63) is 29.6 Å². The van der Waals surface area contributed by atoms with Gasteiger partial charge in [0.15, 0.2) is 0 Å². The zero-order chi connectivity index (χ0) is 30.2. The molecule has 1 aromatic rings. The molecule has 5 nitrogen and oxygen atoms in total. The molecule has 0 spiro atoms. The third-order valence-corrected chi connectivity index (χ3v) is 13.4. The van der Waals surface area contributed by atoms with Gasteiger partial charge in [0.2, 0.25) is 0 Å². The first-order valence-corrected chi connectivity index (χ1v) is 18.2. The normalized spacial score (nSPS) is 37.1. The molecule has 5 aliphatic carbocycles. The summed E-state index contributed by atoms with van der Waals surface area (Å²) in [5, 5.41) is 8.61. The van der Waals surface area contributed by atoms with Crippen molar-refractivity contribution >= 4 is 12.0 Å². The second kappa shape index (κ2) is 12.8. The molecule has 1 aromatic heterocycles. The standard InChI is InChI=1S/C38H59N3O2/c1-26(2)10-9-11-27(3)33-17-18-34-32-16-14-28-24-31(20-22-37(28,4)35(32)21-23-38(33,34)5)43-36(42)19-15-29-25-41(40-39-29)30-12-7-6-8-13-30/h14-15,19,25-27,30-35H,6-13,16-18,20-24H2,1-5H3/b19-15-/t27-,31+,32+,33-,34+,35+,37+,38-/m1/s1. The van der Waals surface area contributed by atoms with Crippen molar-refractivity contribution in [2.45, 2.75) is 149 Å². The summed E-state index contributed by atoms with van der Waals surface area (Å²) < 4.78 is 8.01. The number of hydrogen-bond acceptors (Lipinski definition) is 4. The van der Waals surface area contributed by atoms with Gasteiger partial charge in [0.1, 0.15) is 11.8 Å². The molecule has 4 saturated carbocycles. The highest BCUT2D eigenvalue weighted by Gasteiger charge is 2.59. The highest BCUT2D eigenvalue weighted by molar-refractivity contribution is 5.86. The van der Waals surface area contributed by atoms with Crippen molar-refractivity contribution in [2.75, 3.05) is 0 Å². The lowest BCUT2D eigenvalue weighted by molar-refractivity contribution is -0.145. The number of hydrogen-bond donors (Lipinski definition) is 0.